The number of hydrogen-bond donors (Lipinski definition) is 3. The maximum atomic E-state index is 13.1. The maximum Gasteiger partial charge on any atom is 0.328 e. The number of amides is 3. The minimum Gasteiger partial charge on any atom is -0.467 e. The van der Waals surface area contributed by atoms with Crippen LogP contribution in [-0.2, 0) is 23.9 Å². The van der Waals surface area contributed by atoms with Crippen LogP contribution in [0.25, 0.3) is 0 Å². The molecule has 0 saturated carbocycles. The van der Waals surface area contributed by atoms with Crippen LogP contribution in [0.15, 0.2) is 0 Å². The maximum absolute atomic E-state index is 13.1. The number of piperidine rings is 1. The van der Waals surface area contributed by atoms with E-state index in [0.29, 0.717) is 25.1 Å². The Hall–Kier alpha value is -1.81. The van der Waals surface area contributed by atoms with E-state index in [-0.39, 0.29) is 23.8 Å². The second-order valence-corrected chi connectivity index (χ2v) is 8.40. The fraction of sp³-hybridized carbons (Fsp3) is 0.789. The molecule has 1 aliphatic heterocycles. The molecule has 0 spiro atoms. The first kappa shape index (κ1) is 25.2. The van der Waals surface area contributed by atoms with Crippen LogP contribution in [0.5, 0.6) is 0 Å². The van der Waals surface area contributed by atoms with Crippen molar-refractivity contribution in [1.29, 1.82) is 0 Å². The van der Waals surface area contributed by atoms with Crippen LogP contribution in [0.1, 0.15) is 33.6 Å². The molecule has 0 aromatic rings. The largest absolute Gasteiger partial charge is 0.467 e. The van der Waals surface area contributed by atoms with Gasteiger partial charge in [0.25, 0.3) is 0 Å². The summed E-state index contributed by atoms with van der Waals surface area (Å²) in [5.74, 6) is -1.08. The zero-order chi connectivity index (χ0) is 22.1. The standard InChI is InChI=1S/C19H34N4O5S/c1-11(2)16(19(27)28-5)22-17(25)14-9-13(21-15(24)10-29-6)7-8-23(14)18(26)12(3)20-4/h11-14,16,20H,7-10H2,1-6H3,(H,21,24)(H,22,25)/t12-,13-,14-,16+/m0/s1. The minimum absolute atomic E-state index is 0.0976. The predicted molar refractivity (Wildman–Crippen MR) is 112 cm³/mol. The van der Waals surface area contributed by atoms with Gasteiger partial charge < -0.3 is 25.6 Å². The molecule has 166 valence electrons. The topological polar surface area (TPSA) is 117 Å². The smallest absolute Gasteiger partial charge is 0.328 e. The monoisotopic (exact) mass is 430 g/mol. The van der Waals surface area contributed by atoms with E-state index in [0.717, 1.165) is 0 Å². The summed E-state index contributed by atoms with van der Waals surface area (Å²) in [4.78, 5) is 51.4. The molecule has 0 unspecified atom stereocenters. The Labute approximate surface area is 177 Å². The fourth-order valence-corrected chi connectivity index (χ4v) is 3.60. The zero-order valence-electron chi connectivity index (χ0n) is 18.1. The Kier molecular flexibility index (Phi) is 10.5. The minimum atomic E-state index is -0.808. The van der Waals surface area contributed by atoms with E-state index >= 15 is 0 Å². The number of esters is 1. The van der Waals surface area contributed by atoms with Crippen molar-refractivity contribution in [2.45, 2.75) is 57.8 Å². The highest BCUT2D eigenvalue weighted by Gasteiger charge is 2.39. The van der Waals surface area contributed by atoms with Crippen LogP contribution >= 0.6 is 11.8 Å². The third kappa shape index (κ3) is 7.18. The number of thioether (sulfide) groups is 1. The van der Waals surface area contributed by atoms with E-state index in [1.807, 2.05) is 6.26 Å². The van der Waals surface area contributed by atoms with Gasteiger partial charge in [-0.05, 0) is 39.0 Å². The van der Waals surface area contributed by atoms with Crippen LogP contribution in [0.2, 0.25) is 0 Å². The normalized spacial score (nSPS) is 21.3. The lowest BCUT2D eigenvalue weighted by Gasteiger charge is -2.40. The van der Waals surface area contributed by atoms with E-state index in [1.54, 1.807) is 27.8 Å². The lowest BCUT2D eigenvalue weighted by molar-refractivity contribution is -0.149. The first-order valence-corrected chi connectivity index (χ1v) is 11.2. The molecule has 29 heavy (non-hydrogen) atoms. The number of carbonyl (C=O) groups is 4. The number of carbonyl (C=O) groups excluding carboxylic acids is 4. The molecule has 1 fully saturated rings. The highest BCUT2D eigenvalue weighted by atomic mass is 32.2. The van der Waals surface area contributed by atoms with Crippen molar-refractivity contribution < 1.29 is 23.9 Å². The predicted octanol–water partition coefficient (Wildman–Crippen LogP) is -0.253. The van der Waals surface area contributed by atoms with Crippen LogP contribution in [0, 0.1) is 5.92 Å². The molecule has 10 heteroatoms. The molecular formula is C19H34N4O5S. The highest BCUT2D eigenvalue weighted by molar-refractivity contribution is 7.99. The quantitative estimate of drug-likeness (QED) is 0.432. The molecule has 0 aromatic carbocycles. The molecule has 1 saturated heterocycles. The molecule has 0 bridgehead atoms. The Morgan fingerprint density at radius 1 is 1.21 bits per heavy atom. The number of nitrogens with one attached hydrogen (secondary N) is 3. The van der Waals surface area contributed by atoms with E-state index in [1.165, 1.54) is 23.8 Å². The van der Waals surface area contributed by atoms with Gasteiger partial charge in [-0.15, -0.1) is 0 Å². The molecule has 0 aromatic heterocycles. The molecule has 0 radical (unpaired) electrons. The lowest BCUT2D eigenvalue weighted by atomic mass is 9.94. The molecule has 3 amide bonds. The molecule has 1 heterocycles. The van der Waals surface area contributed by atoms with Gasteiger partial charge >= 0.3 is 5.97 Å². The average Bonchev–Trinajstić information content (AvgIpc) is 2.69. The SMILES string of the molecule is CN[C@@H](C)C(=O)N1CC[C@H](NC(=O)CSC)C[C@H]1C(=O)N[C@@H](C(=O)OC)C(C)C. The van der Waals surface area contributed by atoms with Crippen LogP contribution in [0.3, 0.4) is 0 Å². The van der Waals surface area contributed by atoms with E-state index in [2.05, 4.69) is 16.0 Å². The first-order chi connectivity index (χ1) is 13.7. The van der Waals surface area contributed by atoms with Gasteiger partial charge in [0.15, 0.2) is 0 Å². The highest BCUT2D eigenvalue weighted by Crippen LogP contribution is 2.20. The molecule has 4 atom stereocenters. The van der Waals surface area contributed by atoms with Crippen LogP contribution in [-0.4, -0.2) is 85.5 Å². The third-order valence-corrected chi connectivity index (χ3v) is 5.60. The van der Waals surface area contributed by atoms with Crippen molar-refractivity contribution in [3.63, 3.8) is 0 Å². The molecule has 0 aliphatic carbocycles. The first-order valence-electron chi connectivity index (χ1n) is 9.80. The Morgan fingerprint density at radius 2 is 1.86 bits per heavy atom. The number of methoxy groups -OCH3 is 1. The Bertz CT molecular complexity index is 601. The summed E-state index contributed by atoms with van der Waals surface area (Å²) in [7, 11) is 2.95. The van der Waals surface area contributed by atoms with Crippen molar-refractivity contribution in [2.75, 3.05) is 32.7 Å². The zero-order valence-corrected chi connectivity index (χ0v) is 18.9. The number of ether oxygens (including phenoxy) is 1. The number of nitrogens with zero attached hydrogens (tertiary/aromatic N) is 1. The summed E-state index contributed by atoms with van der Waals surface area (Å²) < 4.78 is 4.79. The molecule has 1 rings (SSSR count). The van der Waals surface area contributed by atoms with Crippen LogP contribution in [0.4, 0.5) is 0 Å². The Balaban J connectivity index is 3.02. The summed E-state index contributed by atoms with van der Waals surface area (Å²) in [5, 5.41) is 8.56. The number of hydrogen-bond acceptors (Lipinski definition) is 7. The molecular weight excluding hydrogens is 396 g/mol. The van der Waals surface area contributed by atoms with E-state index in [4.69, 9.17) is 4.74 Å². The van der Waals surface area contributed by atoms with Gasteiger partial charge in [0.2, 0.25) is 17.7 Å². The van der Waals surface area contributed by atoms with Gasteiger partial charge in [0.1, 0.15) is 12.1 Å². The van der Waals surface area contributed by atoms with E-state index < -0.39 is 30.0 Å². The number of likely N-dealkylation sites (N-methyl/N-ethyl adjacent to an activating group) is 1. The van der Waals surface area contributed by atoms with Gasteiger partial charge in [0, 0.05) is 12.6 Å². The van der Waals surface area contributed by atoms with Crippen molar-refractivity contribution >= 4 is 35.5 Å². The average molecular weight is 431 g/mol. The van der Waals surface area contributed by atoms with Crippen molar-refractivity contribution in [1.82, 2.24) is 20.9 Å². The summed E-state index contributed by atoms with van der Waals surface area (Å²) >= 11 is 1.42. The number of rotatable bonds is 9. The second kappa shape index (κ2) is 12.0. The second-order valence-electron chi connectivity index (χ2n) is 7.53. The molecule has 3 N–H and O–H groups in total. The summed E-state index contributed by atoms with van der Waals surface area (Å²) in [6.45, 7) is 5.69. The van der Waals surface area contributed by atoms with Gasteiger partial charge in [0.05, 0.1) is 18.9 Å². The molecule has 9 nitrogen and oxygen atoms in total. The molecule has 1 aliphatic rings. The van der Waals surface area contributed by atoms with Crippen molar-refractivity contribution in [2.24, 2.45) is 5.92 Å². The lowest BCUT2D eigenvalue weighted by Crippen LogP contribution is -2.61. The van der Waals surface area contributed by atoms with Crippen molar-refractivity contribution in [3.8, 4) is 0 Å². The van der Waals surface area contributed by atoms with Gasteiger partial charge in [-0.25, -0.2) is 4.79 Å². The third-order valence-electron chi connectivity index (χ3n) is 5.05. The van der Waals surface area contributed by atoms with Gasteiger partial charge in [-0.3, -0.25) is 14.4 Å². The summed E-state index contributed by atoms with van der Waals surface area (Å²) in [6, 6.07) is -2.25. The van der Waals surface area contributed by atoms with Crippen molar-refractivity contribution in [3.05, 3.63) is 0 Å². The van der Waals surface area contributed by atoms with Gasteiger partial charge in [-0.2, -0.15) is 11.8 Å². The Morgan fingerprint density at radius 3 is 2.38 bits per heavy atom. The van der Waals surface area contributed by atoms with E-state index in [9.17, 15) is 19.2 Å². The fourth-order valence-electron chi connectivity index (χ4n) is 3.26. The van der Waals surface area contributed by atoms with Crippen LogP contribution < -0.4 is 16.0 Å². The van der Waals surface area contributed by atoms with Gasteiger partial charge in [-0.1, -0.05) is 13.8 Å². The number of likely N-dealkylation sites (tertiary alicyclic amines) is 1. The summed E-state index contributed by atoms with van der Waals surface area (Å²) in [6.07, 6.45) is 2.70. The summed E-state index contributed by atoms with van der Waals surface area (Å²) in [5.41, 5.74) is 0.